The maximum Gasteiger partial charge on any atom is 0.258 e. The van der Waals surface area contributed by atoms with Crippen molar-refractivity contribution in [2.24, 2.45) is 0 Å². The summed E-state index contributed by atoms with van der Waals surface area (Å²) >= 11 is 6.96. The summed E-state index contributed by atoms with van der Waals surface area (Å²) in [5.41, 5.74) is 0.908. The largest absolute Gasteiger partial charge is 0.481 e. The molecule has 0 aromatic heterocycles. The van der Waals surface area contributed by atoms with Crippen molar-refractivity contribution >= 4 is 37.8 Å². The molecule has 0 aliphatic rings. The van der Waals surface area contributed by atoms with Gasteiger partial charge in [0.2, 0.25) is 0 Å². The molecule has 2 N–H and O–H groups in total. The second-order valence-corrected chi connectivity index (χ2v) is 7.20. The van der Waals surface area contributed by atoms with E-state index in [1.807, 2.05) is 40.0 Å². The van der Waals surface area contributed by atoms with Crippen LogP contribution in [0.3, 0.4) is 0 Å². The van der Waals surface area contributed by atoms with Gasteiger partial charge >= 0.3 is 0 Å². The van der Waals surface area contributed by atoms with Crippen LogP contribution in [0.25, 0.3) is 0 Å². The van der Waals surface area contributed by atoms with Gasteiger partial charge in [-0.2, -0.15) is 0 Å². The third-order valence-corrected chi connectivity index (χ3v) is 4.33. The minimum atomic E-state index is -0.217. The first-order valence-electron chi connectivity index (χ1n) is 6.85. The molecular weight excluding hydrogens is 400 g/mol. The van der Waals surface area contributed by atoms with Crippen LogP contribution >= 0.6 is 31.9 Å². The first kappa shape index (κ1) is 18.5. The Hall–Kier alpha value is -0.590. The number of benzene rings is 1. The zero-order valence-corrected chi connectivity index (χ0v) is 16.0. The number of rotatable bonds is 7. The Bertz CT molecular complexity index is 481. The van der Waals surface area contributed by atoms with E-state index in [0.29, 0.717) is 5.75 Å². The highest BCUT2D eigenvalue weighted by Gasteiger charge is 2.18. The summed E-state index contributed by atoms with van der Waals surface area (Å²) in [5.74, 6) is 0.513. The molecular formula is C15H22Br2N2O2. The van der Waals surface area contributed by atoms with Gasteiger partial charge in [0, 0.05) is 12.1 Å². The molecule has 0 aliphatic heterocycles. The fourth-order valence-electron chi connectivity index (χ4n) is 1.70. The number of carbonyl (C=O) groups excluding carboxylic acids is 1. The predicted octanol–water partition coefficient (Wildman–Crippen LogP) is 3.61. The summed E-state index contributed by atoms with van der Waals surface area (Å²) in [6.45, 7) is 6.77. The van der Waals surface area contributed by atoms with E-state index in [2.05, 4.69) is 42.5 Å². The van der Waals surface area contributed by atoms with E-state index in [4.69, 9.17) is 4.74 Å². The van der Waals surface area contributed by atoms with Gasteiger partial charge in [-0.25, -0.2) is 0 Å². The highest BCUT2D eigenvalue weighted by atomic mass is 79.9. The number of carbonyl (C=O) groups is 1. The lowest BCUT2D eigenvalue weighted by Gasteiger charge is -2.24. The molecule has 4 nitrogen and oxygen atoms in total. The van der Waals surface area contributed by atoms with Gasteiger partial charge in [-0.1, -0.05) is 6.92 Å². The van der Waals surface area contributed by atoms with Gasteiger partial charge in [-0.15, -0.1) is 0 Å². The van der Waals surface area contributed by atoms with E-state index in [0.717, 1.165) is 27.5 Å². The summed E-state index contributed by atoms with van der Waals surface area (Å²) in [5, 5.41) is 6.04. The van der Waals surface area contributed by atoms with E-state index in [9.17, 15) is 4.79 Å². The third-order valence-electron chi connectivity index (χ3n) is 3.15. The Morgan fingerprint density at radius 2 is 1.86 bits per heavy atom. The molecule has 0 atom stereocenters. The quantitative estimate of drug-likeness (QED) is 0.706. The minimum Gasteiger partial charge on any atom is -0.481 e. The lowest BCUT2D eigenvalue weighted by molar-refractivity contribution is -0.124. The Balaban J connectivity index is 2.69. The molecule has 6 heteroatoms. The van der Waals surface area contributed by atoms with Crippen LogP contribution in [0.5, 0.6) is 5.75 Å². The summed E-state index contributed by atoms with van der Waals surface area (Å²) in [6.07, 6.45) is 0.866. The molecule has 0 bridgehead atoms. The Labute approximate surface area is 143 Å². The zero-order valence-electron chi connectivity index (χ0n) is 12.8. The van der Waals surface area contributed by atoms with Crippen molar-refractivity contribution in [1.82, 2.24) is 10.6 Å². The topological polar surface area (TPSA) is 50.4 Å². The SMILES string of the molecule is CCC(C)(C)NC(=O)COc1c(Br)cc(CNC)cc1Br. The van der Waals surface area contributed by atoms with Crippen molar-refractivity contribution in [3.63, 3.8) is 0 Å². The predicted molar refractivity (Wildman–Crippen MR) is 92.6 cm³/mol. The van der Waals surface area contributed by atoms with Crippen molar-refractivity contribution in [2.75, 3.05) is 13.7 Å². The van der Waals surface area contributed by atoms with Crippen LogP contribution in [0.2, 0.25) is 0 Å². The molecule has 0 aliphatic carbocycles. The third kappa shape index (κ3) is 5.96. The van der Waals surface area contributed by atoms with Gasteiger partial charge in [0.1, 0.15) is 5.75 Å². The van der Waals surface area contributed by atoms with Gasteiger partial charge in [0.05, 0.1) is 8.95 Å². The second kappa shape index (κ2) is 8.15. The lowest BCUT2D eigenvalue weighted by atomic mass is 10.0. The van der Waals surface area contributed by atoms with E-state index in [1.165, 1.54) is 0 Å². The number of ether oxygens (including phenoxy) is 1. The number of hydrogen-bond acceptors (Lipinski definition) is 3. The molecule has 118 valence electrons. The maximum absolute atomic E-state index is 11.9. The Morgan fingerprint density at radius 1 is 1.29 bits per heavy atom. The molecule has 21 heavy (non-hydrogen) atoms. The van der Waals surface area contributed by atoms with Crippen LogP contribution in [0, 0.1) is 0 Å². The fourth-order valence-corrected chi connectivity index (χ4v) is 3.21. The summed E-state index contributed by atoms with van der Waals surface area (Å²) < 4.78 is 7.27. The van der Waals surface area contributed by atoms with E-state index in [-0.39, 0.29) is 18.1 Å². The van der Waals surface area contributed by atoms with Crippen molar-refractivity contribution in [2.45, 2.75) is 39.3 Å². The minimum absolute atomic E-state index is 0.00793. The first-order chi connectivity index (χ1) is 9.79. The molecule has 1 aromatic carbocycles. The Kier molecular flexibility index (Phi) is 7.16. The molecule has 0 fully saturated rings. The fraction of sp³-hybridized carbons (Fsp3) is 0.533. The zero-order chi connectivity index (χ0) is 16.0. The highest BCUT2D eigenvalue weighted by molar-refractivity contribution is 9.11. The van der Waals surface area contributed by atoms with Crippen LogP contribution in [0.4, 0.5) is 0 Å². The molecule has 1 aromatic rings. The van der Waals surface area contributed by atoms with Crippen molar-refractivity contribution in [3.8, 4) is 5.75 Å². The number of halogens is 2. The van der Waals surface area contributed by atoms with Crippen LogP contribution < -0.4 is 15.4 Å². The van der Waals surface area contributed by atoms with E-state index in [1.54, 1.807) is 0 Å². The van der Waals surface area contributed by atoms with Gasteiger partial charge in [0.25, 0.3) is 5.91 Å². The standard InChI is InChI=1S/C15H22Br2N2O2/c1-5-15(2,3)19-13(20)9-21-14-11(16)6-10(8-18-4)7-12(14)17/h6-7,18H,5,8-9H2,1-4H3,(H,19,20). The molecule has 0 heterocycles. The monoisotopic (exact) mass is 420 g/mol. The molecule has 1 rings (SSSR count). The van der Waals surface area contributed by atoms with Crippen LogP contribution in [0.15, 0.2) is 21.1 Å². The average Bonchev–Trinajstić information content (AvgIpc) is 2.37. The maximum atomic E-state index is 11.9. The number of amides is 1. The summed E-state index contributed by atoms with van der Waals surface area (Å²) in [6, 6.07) is 3.95. The number of hydrogen-bond donors (Lipinski definition) is 2. The molecule has 0 saturated heterocycles. The summed E-state index contributed by atoms with van der Waals surface area (Å²) in [7, 11) is 1.89. The van der Waals surface area contributed by atoms with E-state index >= 15 is 0 Å². The average molecular weight is 422 g/mol. The lowest BCUT2D eigenvalue weighted by Crippen LogP contribution is -2.44. The first-order valence-corrected chi connectivity index (χ1v) is 8.44. The molecule has 1 amide bonds. The smallest absolute Gasteiger partial charge is 0.258 e. The second-order valence-electron chi connectivity index (χ2n) is 5.49. The van der Waals surface area contributed by atoms with Crippen molar-refractivity contribution < 1.29 is 9.53 Å². The van der Waals surface area contributed by atoms with Gasteiger partial charge in [-0.05, 0) is 76.9 Å². The molecule has 0 spiro atoms. The Morgan fingerprint density at radius 3 is 2.33 bits per heavy atom. The molecule has 0 saturated carbocycles. The molecule has 0 radical (unpaired) electrons. The van der Waals surface area contributed by atoms with Crippen LogP contribution in [-0.4, -0.2) is 25.1 Å². The van der Waals surface area contributed by atoms with Crippen molar-refractivity contribution in [1.29, 1.82) is 0 Å². The normalized spacial score (nSPS) is 11.3. The van der Waals surface area contributed by atoms with Gasteiger partial charge < -0.3 is 15.4 Å². The van der Waals surface area contributed by atoms with Gasteiger partial charge in [-0.3, -0.25) is 4.79 Å². The van der Waals surface area contributed by atoms with Crippen molar-refractivity contribution in [3.05, 3.63) is 26.6 Å². The molecule has 0 unspecified atom stereocenters. The highest BCUT2D eigenvalue weighted by Crippen LogP contribution is 2.34. The van der Waals surface area contributed by atoms with Gasteiger partial charge in [0.15, 0.2) is 6.61 Å². The van der Waals surface area contributed by atoms with E-state index < -0.39 is 0 Å². The summed E-state index contributed by atoms with van der Waals surface area (Å²) in [4.78, 5) is 11.9. The van der Waals surface area contributed by atoms with Crippen LogP contribution in [-0.2, 0) is 11.3 Å². The number of nitrogens with one attached hydrogen (secondary N) is 2. The van der Waals surface area contributed by atoms with Crippen LogP contribution in [0.1, 0.15) is 32.8 Å².